The first kappa shape index (κ1) is 27.1. The lowest BCUT2D eigenvalue weighted by Gasteiger charge is -2.29. The Morgan fingerprint density at radius 3 is 2.56 bits per heavy atom. The Morgan fingerprint density at radius 1 is 1.22 bits per heavy atom. The van der Waals surface area contributed by atoms with Gasteiger partial charge >= 0.3 is 6.03 Å². The molecule has 41 heavy (non-hydrogen) atoms. The monoisotopic (exact) mass is 592 g/mol. The van der Waals surface area contributed by atoms with Gasteiger partial charge in [0.25, 0.3) is 10.0 Å². The number of nitrogens with one attached hydrogen (secondary N) is 1. The van der Waals surface area contributed by atoms with Crippen molar-refractivity contribution in [1.29, 1.82) is 5.26 Å². The first-order chi connectivity index (χ1) is 19.7. The highest BCUT2D eigenvalue weighted by molar-refractivity contribution is 7.90. The van der Waals surface area contributed by atoms with Gasteiger partial charge in [0.1, 0.15) is 12.7 Å². The highest BCUT2D eigenvalue weighted by Gasteiger charge is 2.44. The number of pyridine rings is 1. The number of hydrogen-bond donors (Lipinski definition) is 2. The molecule has 2 fully saturated rings. The van der Waals surface area contributed by atoms with Gasteiger partial charge in [0, 0.05) is 55.5 Å². The number of anilines is 2. The normalized spacial score (nSPS) is 20.2. The van der Waals surface area contributed by atoms with Gasteiger partial charge in [0.05, 0.1) is 16.1 Å². The van der Waals surface area contributed by atoms with Gasteiger partial charge < -0.3 is 14.9 Å². The molecule has 2 aliphatic rings. The minimum atomic E-state index is -3.88. The van der Waals surface area contributed by atoms with E-state index in [0.717, 1.165) is 29.9 Å². The summed E-state index contributed by atoms with van der Waals surface area (Å²) in [5, 5.41) is 22.8. The predicted octanol–water partition coefficient (Wildman–Crippen LogP) is 3.18. The Balaban J connectivity index is 1.21. The lowest BCUT2D eigenvalue weighted by Crippen LogP contribution is -2.36. The number of aliphatic hydroxyl groups excluding tert-OH is 1. The summed E-state index contributed by atoms with van der Waals surface area (Å²) in [6, 6.07) is 10.5. The first-order valence-electron chi connectivity index (χ1n) is 13.1. The van der Waals surface area contributed by atoms with Gasteiger partial charge in [-0.25, -0.2) is 27.2 Å². The van der Waals surface area contributed by atoms with Crippen LogP contribution in [0, 0.1) is 30.1 Å². The fraction of sp³-hybridized carbons (Fsp3) is 0.370. The number of benzene rings is 1. The minimum absolute atomic E-state index is 0.111. The van der Waals surface area contributed by atoms with Crippen LogP contribution in [0.4, 0.5) is 15.6 Å². The van der Waals surface area contributed by atoms with Crippen LogP contribution in [-0.2, 0) is 16.6 Å². The van der Waals surface area contributed by atoms with Crippen LogP contribution in [0.1, 0.15) is 29.8 Å². The molecule has 1 aromatic carbocycles. The van der Waals surface area contributed by atoms with E-state index in [1.54, 1.807) is 35.2 Å². The molecule has 14 heteroatoms. The Morgan fingerprint density at radius 2 is 1.93 bits per heavy atom. The zero-order valence-electron chi connectivity index (χ0n) is 22.4. The van der Waals surface area contributed by atoms with E-state index in [4.69, 9.17) is 5.11 Å². The third kappa shape index (κ3) is 4.79. The number of nitriles is 1. The van der Waals surface area contributed by atoms with Crippen molar-refractivity contribution in [3.8, 4) is 6.07 Å². The van der Waals surface area contributed by atoms with Crippen LogP contribution < -0.4 is 10.2 Å². The van der Waals surface area contributed by atoms with Crippen LogP contribution in [0.2, 0.25) is 0 Å². The van der Waals surface area contributed by atoms with E-state index < -0.39 is 10.0 Å². The molecule has 1 saturated heterocycles. The number of rotatable bonds is 6. The molecule has 1 aliphatic heterocycles. The van der Waals surface area contributed by atoms with Crippen LogP contribution >= 0.6 is 11.5 Å². The van der Waals surface area contributed by atoms with Gasteiger partial charge in [-0.2, -0.15) is 9.64 Å². The molecule has 1 saturated carbocycles. The van der Waals surface area contributed by atoms with Crippen molar-refractivity contribution in [1.82, 2.24) is 23.2 Å². The Kier molecular flexibility index (Phi) is 6.88. The summed E-state index contributed by atoms with van der Waals surface area (Å²) in [6.07, 6.45) is 4.59. The van der Waals surface area contributed by atoms with Gasteiger partial charge in [-0.05, 0) is 49.8 Å². The summed E-state index contributed by atoms with van der Waals surface area (Å²) >= 11 is 1.03. The number of carbonyl (C=O) groups excluding carboxylic acids is 1. The van der Waals surface area contributed by atoms with E-state index in [0.29, 0.717) is 46.7 Å². The fourth-order valence-corrected chi connectivity index (χ4v) is 7.87. The minimum Gasteiger partial charge on any atom is -0.388 e. The maximum absolute atomic E-state index is 13.5. The van der Waals surface area contributed by atoms with Crippen molar-refractivity contribution in [3.63, 3.8) is 0 Å². The summed E-state index contributed by atoms with van der Waals surface area (Å²) in [4.78, 5) is 25.3. The first-order valence-corrected chi connectivity index (χ1v) is 15.4. The van der Waals surface area contributed by atoms with Crippen LogP contribution in [0.25, 0.3) is 11.0 Å². The molecule has 2 N–H and O–H groups in total. The third-order valence-corrected chi connectivity index (χ3v) is 10.4. The molecule has 3 aromatic heterocycles. The van der Waals surface area contributed by atoms with E-state index in [9.17, 15) is 18.5 Å². The van der Waals surface area contributed by atoms with E-state index in [-0.39, 0.29) is 35.0 Å². The van der Waals surface area contributed by atoms with E-state index >= 15 is 0 Å². The average molecular weight is 593 g/mol. The summed E-state index contributed by atoms with van der Waals surface area (Å²) in [7, 11) is -1.94. The number of hydrogen-bond acceptors (Lipinski definition) is 10. The van der Waals surface area contributed by atoms with Crippen LogP contribution in [-0.4, -0.2) is 68.9 Å². The number of aliphatic hydroxyl groups is 1. The largest absolute Gasteiger partial charge is 0.388 e. The van der Waals surface area contributed by atoms with Gasteiger partial charge in [-0.1, -0.05) is 17.7 Å². The maximum atomic E-state index is 13.5. The van der Waals surface area contributed by atoms with Crippen molar-refractivity contribution in [2.24, 2.45) is 11.8 Å². The van der Waals surface area contributed by atoms with E-state index in [2.05, 4.69) is 30.6 Å². The average Bonchev–Trinajstić information content (AvgIpc) is 3.75. The fourth-order valence-electron chi connectivity index (χ4n) is 6.00. The molecule has 0 radical (unpaired) electrons. The third-order valence-electron chi connectivity index (χ3n) is 8.09. The molecule has 12 nitrogen and oxygen atoms in total. The van der Waals surface area contributed by atoms with Gasteiger partial charge in [-0.15, -0.1) is 0 Å². The number of urea groups is 1. The van der Waals surface area contributed by atoms with Crippen LogP contribution in [0.15, 0.2) is 47.6 Å². The zero-order chi connectivity index (χ0) is 28.9. The molecule has 3 atom stereocenters. The lowest BCUT2D eigenvalue weighted by atomic mass is 10.0. The number of aromatic nitrogens is 4. The number of fused-ring (bicyclic) bond motifs is 2. The van der Waals surface area contributed by atoms with Crippen LogP contribution in [0.5, 0.6) is 0 Å². The molecule has 1 aliphatic carbocycles. The van der Waals surface area contributed by atoms with Gasteiger partial charge in [0.15, 0.2) is 11.5 Å². The van der Waals surface area contributed by atoms with E-state index in [1.165, 1.54) is 16.4 Å². The van der Waals surface area contributed by atoms with Crippen molar-refractivity contribution < 1.29 is 18.3 Å². The second kappa shape index (κ2) is 10.4. The smallest absolute Gasteiger partial charge is 0.323 e. The Bertz CT molecular complexity index is 1760. The summed E-state index contributed by atoms with van der Waals surface area (Å²) in [5.74, 6) is 0.870. The predicted molar refractivity (Wildman–Crippen MR) is 153 cm³/mol. The number of nitrogens with zero attached hydrogens (tertiary/aromatic N) is 7. The molecule has 212 valence electrons. The van der Waals surface area contributed by atoms with Crippen molar-refractivity contribution in [3.05, 3.63) is 59.7 Å². The topological polar surface area (TPSA) is 157 Å². The summed E-state index contributed by atoms with van der Waals surface area (Å²) in [5.41, 5.74) is 2.27. The zero-order valence-corrected chi connectivity index (χ0v) is 24.1. The SMILES string of the molecule is Cc1ccc(S(=O)(=O)n2ccc3c(N(C)[C@@H]4C[C@@H]5CN(C(=O)Nc6nc(CO)ns6)C[C@@H]5C4)c(C#N)cnc32)cc1. The number of likely N-dealkylation sites (tertiary alicyclic amines) is 1. The molecule has 2 amide bonds. The number of carbonyl (C=O) groups is 1. The van der Waals surface area contributed by atoms with Gasteiger partial charge in [0.2, 0.25) is 5.13 Å². The van der Waals surface area contributed by atoms with Crippen molar-refractivity contribution in [2.45, 2.75) is 37.3 Å². The molecule has 0 unspecified atom stereocenters. The second-order valence-electron chi connectivity index (χ2n) is 10.6. The molecule has 6 rings (SSSR count). The molecule has 0 bridgehead atoms. The second-order valence-corrected chi connectivity index (χ2v) is 13.1. The van der Waals surface area contributed by atoms with Crippen molar-refractivity contribution in [2.75, 3.05) is 30.4 Å². The van der Waals surface area contributed by atoms with E-state index in [1.807, 2.05) is 14.0 Å². The maximum Gasteiger partial charge on any atom is 0.323 e. The molecule has 4 heterocycles. The van der Waals surface area contributed by atoms with Gasteiger partial charge in [-0.3, -0.25) is 5.32 Å². The standard InChI is InChI=1S/C27H28N8O4S2/c1-16-3-5-21(6-4-16)41(38,39)35-8-7-22-24(19(11-28)12-29-25(22)35)33(2)20-9-17-13-34(14-18(17)10-20)27(37)31-26-30-23(15-36)32-40-26/h3-8,12,17-18,20,36H,9-10,13-15H2,1-2H3,(H,30,31,32,37)/t17-,18+,20-. The highest BCUT2D eigenvalue weighted by atomic mass is 32.2. The quantitative estimate of drug-likeness (QED) is 0.343. The molecular weight excluding hydrogens is 564 g/mol. The lowest BCUT2D eigenvalue weighted by molar-refractivity contribution is 0.218. The Labute approximate surface area is 241 Å². The van der Waals surface area contributed by atoms with Crippen LogP contribution in [0.3, 0.4) is 0 Å². The van der Waals surface area contributed by atoms with Crippen molar-refractivity contribution >= 4 is 49.4 Å². The molecule has 0 spiro atoms. The Hall–Kier alpha value is -4.06. The summed E-state index contributed by atoms with van der Waals surface area (Å²) < 4.78 is 32.1. The summed E-state index contributed by atoms with van der Waals surface area (Å²) in [6.45, 7) is 2.83. The molecule has 4 aromatic rings. The number of aryl methyl sites for hydroxylation is 1. The highest BCUT2D eigenvalue weighted by Crippen LogP contribution is 2.43. The molecular formula is C27H28N8O4S2. The number of amides is 2.